The Morgan fingerprint density at radius 3 is 2.65 bits per heavy atom. The van der Waals surface area contributed by atoms with Gasteiger partial charge < -0.3 is 0 Å². The molecule has 0 aliphatic rings. The quantitative estimate of drug-likeness (QED) is 0.391. The summed E-state index contributed by atoms with van der Waals surface area (Å²) in [6, 6.07) is 10.5. The first kappa shape index (κ1) is 16.2. The van der Waals surface area contributed by atoms with Crippen molar-refractivity contribution in [2.24, 2.45) is 5.84 Å². The molecule has 3 N–H and O–H groups in total. The second-order valence-electron chi connectivity index (χ2n) is 4.37. The lowest BCUT2D eigenvalue weighted by molar-refractivity contribution is 0.548. The molecule has 0 saturated heterocycles. The molecule has 0 saturated carbocycles. The molecule has 0 heterocycles. The van der Waals surface area contributed by atoms with Crippen LogP contribution in [0.4, 0.5) is 4.39 Å². The van der Waals surface area contributed by atoms with Crippen LogP contribution in [0.2, 0.25) is 5.02 Å². The number of hydrogen-bond donors (Lipinski definition) is 2. The van der Waals surface area contributed by atoms with Crippen LogP contribution < -0.4 is 11.3 Å². The van der Waals surface area contributed by atoms with Crippen molar-refractivity contribution in [3.8, 4) is 0 Å². The number of halogens is 4. The average molecular weight is 470 g/mol. The van der Waals surface area contributed by atoms with Gasteiger partial charge in [-0.25, -0.2) is 4.39 Å². The second-order valence-corrected chi connectivity index (χ2v) is 6.86. The fourth-order valence-electron chi connectivity index (χ4n) is 1.97. The molecule has 0 amide bonds. The number of hydrazine groups is 1. The van der Waals surface area contributed by atoms with Crippen LogP contribution >= 0.6 is 50.1 Å². The standard InChI is InChI=1S/C14H12BrClFIN2/c15-10-3-8(4-11(17)7-10)5-14(20-19)9-1-2-13(18)12(16)6-9/h1-4,6-7,14,20H,5,19H2. The van der Waals surface area contributed by atoms with Gasteiger partial charge in [0.05, 0.1) is 11.1 Å². The molecule has 0 aliphatic carbocycles. The predicted octanol–water partition coefficient (Wildman–Crippen LogP) is 4.59. The summed E-state index contributed by atoms with van der Waals surface area (Å²) in [5.74, 6) is 5.34. The van der Waals surface area contributed by atoms with E-state index in [1.165, 1.54) is 12.1 Å². The van der Waals surface area contributed by atoms with Gasteiger partial charge >= 0.3 is 0 Å². The highest BCUT2D eigenvalue weighted by Crippen LogP contribution is 2.26. The highest BCUT2D eigenvalue weighted by Gasteiger charge is 2.13. The smallest absolute Gasteiger partial charge is 0.124 e. The van der Waals surface area contributed by atoms with Crippen molar-refractivity contribution >= 4 is 50.1 Å². The molecule has 6 heteroatoms. The van der Waals surface area contributed by atoms with E-state index in [1.807, 2.05) is 24.3 Å². The van der Waals surface area contributed by atoms with Crippen LogP contribution in [0.1, 0.15) is 17.2 Å². The van der Waals surface area contributed by atoms with Gasteiger partial charge in [-0.1, -0.05) is 33.6 Å². The summed E-state index contributed by atoms with van der Waals surface area (Å²) in [5, 5.41) is 0.684. The van der Waals surface area contributed by atoms with Crippen LogP contribution in [-0.2, 0) is 6.42 Å². The number of rotatable bonds is 4. The van der Waals surface area contributed by atoms with Crippen molar-refractivity contribution in [1.82, 2.24) is 5.43 Å². The largest absolute Gasteiger partial charge is 0.271 e. The molecule has 0 spiro atoms. The molecule has 0 aromatic heterocycles. The fraction of sp³-hybridized carbons (Fsp3) is 0.143. The SMILES string of the molecule is NNC(Cc1cc(F)cc(Br)c1)c1ccc(I)c(Cl)c1. The van der Waals surface area contributed by atoms with E-state index in [9.17, 15) is 4.39 Å². The first-order valence-electron chi connectivity index (χ1n) is 5.85. The molecule has 2 aromatic rings. The van der Waals surface area contributed by atoms with Crippen molar-refractivity contribution in [2.75, 3.05) is 0 Å². The van der Waals surface area contributed by atoms with Gasteiger partial charge in [-0.15, -0.1) is 0 Å². The second kappa shape index (κ2) is 7.17. The van der Waals surface area contributed by atoms with E-state index in [0.29, 0.717) is 15.9 Å². The van der Waals surface area contributed by atoms with Crippen molar-refractivity contribution in [3.05, 3.63) is 66.4 Å². The Morgan fingerprint density at radius 1 is 1.30 bits per heavy atom. The van der Waals surface area contributed by atoms with Crippen LogP contribution in [0.5, 0.6) is 0 Å². The Kier molecular flexibility index (Phi) is 5.80. The van der Waals surface area contributed by atoms with Crippen LogP contribution in [0.3, 0.4) is 0 Å². The highest BCUT2D eigenvalue weighted by molar-refractivity contribution is 14.1. The van der Waals surface area contributed by atoms with E-state index < -0.39 is 0 Å². The van der Waals surface area contributed by atoms with E-state index in [-0.39, 0.29) is 11.9 Å². The van der Waals surface area contributed by atoms with Gasteiger partial charge in [-0.3, -0.25) is 11.3 Å². The number of nitrogens with one attached hydrogen (secondary N) is 1. The van der Waals surface area contributed by atoms with Gasteiger partial charge in [0.2, 0.25) is 0 Å². The van der Waals surface area contributed by atoms with Gasteiger partial charge in [0.15, 0.2) is 0 Å². The Labute approximate surface area is 144 Å². The summed E-state index contributed by atoms with van der Waals surface area (Å²) in [6.07, 6.45) is 0.573. The molecule has 0 bridgehead atoms. The molecule has 2 nitrogen and oxygen atoms in total. The monoisotopic (exact) mass is 468 g/mol. The lowest BCUT2D eigenvalue weighted by Crippen LogP contribution is -2.29. The summed E-state index contributed by atoms with van der Waals surface area (Å²) in [5.41, 5.74) is 4.58. The number of nitrogens with two attached hydrogens (primary N) is 1. The first-order chi connectivity index (χ1) is 9.49. The Morgan fingerprint density at radius 2 is 2.05 bits per heavy atom. The third-order valence-electron chi connectivity index (χ3n) is 2.91. The third-order valence-corrected chi connectivity index (χ3v) is 4.94. The van der Waals surface area contributed by atoms with Crippen molar-refractivity contribution in [2.45, 2.75) is 12.5 Å². The molecular formula is C14H12BrClFIN2. The molecular weight excluding hydrogens is 457 g/mol. The van der Waals surface area contributed by atoms with Gasteiger partial charge in [-0.05, 0) is 70.5 Å². The van der Waals surface area contributed by atoms with E-state index >= 15 is 0 Å². The summed E-state index contributed by atoms with van der Waals surface area (Å²) < 4.78 is 15.1. The van der Waals surface area contributed by atoms with E-state index in [1.54, 1.807) is 0 Å². The van der Waals surface area contributed by atoms with Gasteiger partial charge in [-0.2, -0.15) is 0 Å². The molecule has 2 aromatic carbocycles. The summed E-state index contributed by atoms with van der Waals surface area (Å²) in [6.45, 7) is 0. The summed E-state index contributed by atoms with van der Waals surface area (Å²) >= 11 is 11.6. The Balaban J connectivity index is 2.26. The lowest BCUT2D eigenvalue weighted by atomic mass is 9.99. The minimum atomic E-state index is -0.272. The minimum absolute atomic E-state index is 0.127. The number of hydrogen-bond acceptors (Lipinski definition) is 2. The molecule has 1 unspecified atom stereocenters. The van der Waals surface area contributed by atoms with E-state index in [0.717, 1.165) is 14.7 Å². The van der Waals surface area contributed by atoms with E-state index in [4.69, 9.17) is 17.4 Å². The zero-order valence-electron chi connectivity index (χ0n) is 10.3. The van der Waals surface area contributed by atoms with Crippen molar-refractivity contribution in [1.29, 1.82) is 0 Å². The van der Waals surface area contributed by atoms with Gasteiger partial charge in [0.1, 0.15) is 5.82 Å². The highest BCUT2D eigenvalue weighted by atomic mass is 127. The zero-order chi connectivity index (χ0) is 14.7. The maximum Gasteiger partial charge on any atom is 0.124 e. The van der Waals surface area contributed by atoms with Crippen LogP contribution in [0.25, 0.3) is 0 Å². The van der Waals surface area contributed by atoms with Crippen molar-refractivity contribution < 1.29 is 4.39 Å². The molecule has 0 radical (unpaired) electrons. The van der Waals surface area contributed by atoms with Crippen LogP contribution in [-0.4, -0.2) is 0 Å². The lowest BCUT2D eigenvalue weighted by Gasteiger charge is -2.17. The summed E-state index contributed by atoms with van der Waals surface area (Å²) in [4.78, 5) is 0. The topological polar surface area (TPSA) is 38.0 Å². The molecule has 1 atom stereocenters. The van der Waals surface area contributed by atoms with Gasteiger partial charge in [0.25, 0.3) is 0 Å². The zero-order valence-corrected chi connectivity index (χ0v) is 14.8. The van der Waals surface area contributed by atoms with Gasteiger partial charge in [0, 0.05) is 8.04 Å². The number of benzene rings is 2. The predicted molar refractivity (Wildman–Crippen MR) is 92.0 cm³/mol. The maximum atomic E-state index is 13.4. The first-order valence-corrected chi connectivity index (χ1v) is 8.10. The maximum absolute atomic E-state index is 13.4. The van der Waals surface area contributed by atoms with E-state index in [2.05, 4.69) is 43.9 Å². The van der Waals surface area contributed by atoms with Crippen LogP contribution in [0.15, 0.2) is 40.9 Å². The Hall–Kier alpha value is -0.210. The minimum Gasteiger partial charge on any atom is -0.271 e. The third kappa shape index (κ3) is 4.14. The molecule has 2 rings (SSSR count). The molecule has 0 fully saturated rings. The fourth-order valence-corrected chi connectivity index (χ4v) is 3.00. The molecule has 20 heavy (non-hydrogen) atoms. The van der Waals surface area contributed by atoms with Crippen LogP contribution in [0, 0.1) is 9.39 Å². The molecule has 106 valence electrons. The molecule has 0 aliphatic heterocycles. The summed E-state index contributed by atoms with van der Waals surface area (Å²) in [7, 11) is 0. The Bertz CT molecular complexity index is 604. The normalized spacial score (nSPS) is 12.4. The average Bonchev–Trinajstić information content (AvgIpc) is 2.38. The van der Waals surface area contributed by atoms with Crippen molar-refractivity contribution in [3.63, 3.8) is 0 Å².